The molecule has 2 atom stereocenters. The average molecular weight is 221 g/mol. The summed E-state index contributed by atoms with van der Waals surface area (Å²) in [6, 6.07) is 6.33. The first-order valence-electron chi connectivity index (χ1n) is 5.24. The topological polar surface area (TPSA) is 32.3 Å². The molecule has 1 aromatic carbocycles. The molecule has 0 saturated carbocycles. The highest BCUT2D eigenvalue weighted by Gasteiger charge is 2.12. The van der Waals surface area contributed by atoms with Crippen molar-refractivity contribution in [3.63, 3.8) is 0 Å². The van der Waals surface area contributed by atoms with Crippen LogP contribution >= 0.6 is 0 Å². The number of rotatable bonds is 5. The highest BCUT2D eigenvalue weighted by Crippen LogP contribution is 2.15. The zero-order chi connectivity index (χ0) is 12.0. The lowest BCUT2D eigenvalue weighted by molar-refractivity contribution is 0.166. The van der Waals surface area contributed by atoms with Crippen molar-refractivity contribution in [3.05, 3.63) is 35.6 Å². The van der Waals surface area contributed by atoms with Crippen molar-refractivity contribution in [2.45, 2.75) is 25.5 Å². The monoisotopic (exact) mass is 221 g/mol. The highest BCUT2D eigenvalue weighted by atomic mass is 19.1. The second kappa shape index (κ2) is 6.26. The number of terminal acetylenes is 1. The van der Waals surface area contributed by atoms with Gasteiger partial charge in [-0.3, -0.25) is 0 Å². The zero-order valence-electron chi connectivity index (χ0n) is 9.28. The Bertz CT molecular complexity index is 372. The Kier molecular flexibility index (Phi) is 4.97. The van der Waals surface area contributed by atoms with Gasteiger partial charge >= 0.3 is 0 Å². The van der Waals surface area contributed by atoms with Crippen molar-refractivity contribution in [2.24, 2.45) is 0 Å². The summed E-state index contributed by atoms with van der Waals surface area (Å²) in [6.07, 6.45) is 4.90. The molecule has 0 aliphatic heterocycles. The van der Waals surface area contributed by atoms with Crippen LogP contribution in [-0.4, -0.2) is 17.7 Å². The number of nitrogens with one attached hydrogen (secondary N) is 1. The van der Waals surface area contributed by atoms with E-state index in [0.29, 0.717) is 18.5 Å². The molecule has 0 aliphatic rings. The molecule has 2 unspecified atom stereocenters. The van der Waals surface area contributed by atoms with Crippen LogP contribution in [0.4, 0.5) is 4.39 Å². The number of benzene rings is 1. The normalized spacial score (nSPS) is 14.1. The first-order chi connectivity index (χ1) is 7.65. The minimum Gasteiger partial charge on any atom is -0.387 e. The van der Waals surface area contributed by atoms with E-state index in [2.05, 4.69) is 11.2 Å². The molecule has 2 nitrogen and oxygen atoms in total. The van der Waals surface area contributed by atoms with Gasteiger partial charge < -0.3 is 10.4 Å². The van der Waals surface area contributed by atoms with Crippen molar-refractivity contribution in [3.8, 4) is 12.3 Å². The van der Waals surface area contributed by atoms with Gasteiger partial charge in [-0.15, -0.1) is 12.3 Å². The predicted octanol–water partition coefficient (Wildman–Crippen LogP) is 1.86. The van der Waals surface area contributed by atoms with Gasteiger partial charge in [0.15, 0.2) is 0 Å². The van der Waals surface area contributed by atoms with Gasteiger partial charge in [0.05, 0.1) is 6.10 Å². The number of aliphatic hydroxyl groups excluding tert-OH is 1. The molecule has 0 bridgehead atoms. The van der Waals surface area contributed by atoms with Gasteiger partial charge in [0.1, 0.15) is 5.82 Å². The van der Waals surface area contributed by atoms with Crippen molar-refractivity contribution >= 4 is 0 Å². The minimum atomic E-state index is -0.846. The van der Waals surface area contributed by atoms with Crippen molar-refractivity contribution in [1.29, 1.82) is 0 Å². The number of aliphatic hydroxyl groups is 1. The maximum atomic E-state index is 13.3. The van der Waals surface area contributed by atoms with Crippen molar-refractivity contribution < 1.29 is 9.50 Å². The number of halogens is 1. The van der Waals surface area contributed by atoms with E-state index in [4.69, 9.17) is 6.42 Å². The maximum absolute atomic E-state index is 13.3. The average Bonchev–Trinajstić information content (AvgIpc) is 2.27. The molecular formula is C13H16FNO. The molecule has 0 spiro atoms. The van der Waals surface area contributed by atoms with Gasteiger partial charge in [-0.05, 0) is 13.0 Å². The maximum Gasteiger partial charge on any atom is 0.129 e. The Balaban J connectivity index is 2.50. The summed E-state index contributed by atoms with van der Waals surface area (Å²) < 4.78 is 13.3. The van der Waals surface area contributed by atoms with E-state index in [1.54, 1.807) is 18.2 Å². The van der Waals surface area contributed by atoms with Crippen molar-refractivity contribution in [2.75, 3.05) is 6.54 Å². The van der Waals surface area contributed by atoms with Gasteiger partial charge in [-0.25, -0.2) is 4.39 Å². The fourth-order valence-corrected chi connectivity index (χ4v) is 1.42. The molecule has 0 aromatic heterocycles. The highest BCUT2D eigenvalue weighted by molar-refractivity contribution is 5.20. The Morgan fingerprint density at radius 3 is 2.81 bits per heavy atom. The van der Waals surface area contributed by atoms with E-state index >= 15 is 0 Å². The van der Waals surface area contributed by atoms with Crippen LogP contribution in [0.3, 0.4) is 0 Å². The smallest absolute Gasteiger partial charge is 0.129 e. The van der Waals surface area contributed by atoms with E-state index < -0.39 is 6.10 Å². The van der Waals surface area contributed by atoms with Crippen LogP contribution in [0.1, 0.15) is 25.0 Å². The molecule has 1 rings (SSSR count). The molecule has 0 radical (unpaired) electrons. The molecule has 3 heteroatoms. The zero-order valence-corrected chi connectivity index (χ0v) is 9.28. The minimum absolute atomic E-state index is 0.117. The molecule has 0 amide bonds. The summed E-state index contributed by atoms with van der Waals surface area (Å²) in [5.41, 5.74) is 0.308. The SMILES string of the molecule is C#CCC(C)NCC(O)c1ccccc1F. The number of hydrogen-bond donors (Lipinski definition) is 2. The third-order valence-electron chi connectivity index (χ3n) is 2.35. The van der Waals surface area contributed by atoms with Crippen LogP contribution in [0, 0.1) is 18.2 Å². The molecule has 86 valence electrons. The van der Waals surface area contributed by atoms with E-state index in [0.717, 1.165) is 0 Å². The first kappa shape index (κ1) is 12.7. The summed E-state index contributed by atoms with van der Waals surface area (Å²) in [5.74, 6) is 2.14. The summed E-state index contributed by atoms with van der Waals surface area (Å²) in [5, 5.41) is 12.8. The van der Waals surface area contributed by atoms with Crippen LogP contribution in [0.5, 0.6) is 0 Å². The summed E-state index contributed by atoms with van der Waals surface area (Å²) in [6.45, 7) is 2.22. The van der Waals surface area contributed by atoms with Crippen LogP contribution in [0.15, 0.2) is 24.3 Å². The van der Waals surface area contributed by atoms with Crippen LogP contribution in [-0.2, 0) is 0 Å². The molecule has 0 fully saturated rings. The van der Waals surface area contributed by atoms with E-state index in [9.17, 15) is 9.50 Å². The van der Waals surface area contributed by atoms with Crippen molar-refractivity contribution in [1.82, 2.24) is 5.32 Å². The molecule has 0 aliphatic carbocycles. The van der Waals surface area contributed by atoms with Crippen LogP contribution in [0.2, 0.25) is 0 Å². The molecule has 0 heterocycles. The van der Waals surface area contributed by atoms with Crippen LogP contribution < -0.4 is 5.32 Å². The lowest BCUT2D eigenvalue weighted by atomic mass is 10.1. The van der Waals surface area contributed by atoms with Gasteiger partial charge in [-0.2, -0.15) is 0 Å². The largest absolute Gasteiger partial charge is 0.387 e. The van der Waals surface area contributed by atoms with Gasteiger partial charge in [0, 0.05) is 24.6 Å². The lowest BCUT2D eigenvalue weighted by Gasteiger charge is -2.16. The molecule has 2 N–H and O–H groups in total. The number of hydrogen-bond acceptors (Lipinski definition) is 2. The van der Waals surface area contributed by atoms with E-state index in [1.807, 2.05) is 6.92 Å². The quantitative estimate of drug-likeness (QED) is 0.744. The second-order valence-electron chi connectivity index (χ2n) is 3.75. The Morgan fingerprint density at radius 2 is 2.19 bits per heavy atom. The lowest BCUT2D eigenvalue weighted by Crippen LogP contribution is -2.30. The second-order valence-corrected chi connectivity index (χ2v) is 3.75. The fraction of sp³-hybridized carbons (Fsp3) is 0.385. The van der Waals surface area contributed by atoms with Gasteiger partial charge in [0.2, 0.25) is 0 Å². The first-order valence-corrected chi connectivity index (χ1v) is 5.24. The molecular weight excluding hydrogens is 205 g/mol. The predicted molar refractivity (Wildman–Crippen MR) is 62.3 cm³/mol. The van der Waals surface area contributed by atoms with E-state index in [-0.39, 0.29) is 11.9 Å². The van der Waals surface area contributed by atoms with Gasteiger partial charge in [0.25, 0.3) is 0 Å². The standard InChI is InChI=1S/C13H16FNO/c1-3-6-10(2)15-9-13(16)11-7-4-5-8-12(11)14/h1,4-5,7-8,10,13,15-16H,6,9H2,2H3. The summed E-state index contributed by atoms with van der Waals surface area (Å²) >= 11 is 0. The molecule has 16 heavy (non-hydrogen) atoms. The Morgan fingerprint density at radius 1 is 1.50 bits per heavy atom. The van der Waals surface area contributed by atoms with Crippen LogP contribution in [0.25, 0.3) is 0 Å². The summed E-state index contributed by atoms with van der Waals surface area (Å²) in [4.78, 5) is 0. The molecule has 0 saturated heterocycles. The fourth-order valence-electron chi connectivity index (χ4n) is 1.42. The Hall–Kier alpha value is -1.37. The summed E-state index contributed by atoms with van der Waals surface area (Å²) in [7, 11) is 0. The molecule has 1 aromatic rings. The third-order valence-corrected chi connectivity index (χ3v) is 2.35. The Labute approximate surface area is 95.5 Å². The van der Waals surface area contributed by atoms with Gasteiger partial charge in [-0.1, -0.05) is 18.2 Å². The third kappa shape index (κ3) is 3.65. The van der Waals surface area contributed by atoms with E-state index in [1.165, 1.54) is 6.07 Å².